The number of carbonyl (C=O) groups is 1. The lowest BCUT2D eigenvalue weighted by atomic mass is 10.1. The number of para-hydroxylation sites is 1. The molecule has 1 heterocycles. The Kier molecular flexibility index (Phi) is 4.33. The van der Waals surface area contributed by atoms with Crippen LogP contribution in [0.25, 0.3) is 16.9 Å². The summed E-state index contributed by atoms with van der Waals surface area (Å²) >= 11 is 12.1. The molecule has 0 amide bonds. The highest BCUT2D eigenvalue weighted by molar-refractivity contribution is 6.32. The van der Waals surface area contributed by atoms with Gasteiger partial charge in [0.1, 0.15) is 5.69 Å². The highest BCUT2D eigenvalue weighted by Crippen LogP contribution is 2.37. The molecule has 2 aromatic carbocycles. The van der Waals surface area contributed by atoms with Crippen molar-refractivity contribution in [3.63, 3.8) is 0 Å². The number of carboxylic acids is 1. The fourth-order valence-electron chi connectivity index (χ4n) is 2.30. The monoisotopic (exact) mass is 361 g/mol. The first-order valence-electron chi connectivity index (χ1n) is 6.73. The second-order valence-electron chi connectivity index (χ2n) is 4.81. The van der Waals surface area contributed by atoms with Gasteiger partial charge in [0.2, 0.25) is 0 Å². The van der Waals surface area contributed by atoms with Crippen molar-refractivity contribution in [2.24, 2.45) is 5.18 Å². The molecule has 0 aliphatic rings. The number of nitroso groups, excluding NO2 is 1. The third-order valence-corrected chi connectivity index (χ3v) is 3.92. The number of hydrogen-bond acceptors (Lipinski definition) is 4. The van der Waals surface area contributed by atoms with Crippen LogP contribution in [0.5, 0.6) is 0 Å². The van der Waals surface area contributed by atoms with Gasteiger partial charge in [-0.2, -0.15) is 5.10 Å². The van der Waals surface area contributed by atoms with E-state index in [-0.39, 0.29) is 11.4 Å². The van der Waals surface area contributed by atoms with Crippen molar-refractivity contribution in [1.29, 1.82) is 0 Å². The molecule has 0 spiro atoms. The number of aromatic carboxylic acids is 1. The number of nitrogens with zero attached hydrogens (tertiary/aromatic N) is 3. The van der Waals surface area contributed by atoms with E-state index in [1.54, 1.807) is 48.5 Å². The van der Waals surface area contributed by atoms with Crippen LogP contribution >= 0.6 is 23.2 Å². The van der Waals surface area contributed by atoms with Gasteiger partial charge in [0.15, 0.2) is 11.4 Å². The fraction of sp³-hybridized carbons (Fsp3) is 0. The SMILES string of the molecule is O=Nc1c(C(=O)O)nn(-c2ccccc2Cl)c1-c1ccc(Cl)cc1. The maximum atomic E-state index is 11.4. The molecule has 1 N–H and O–H groups in total. The molecule has 0 atom stereocenters. The minimum Gasteiger partial charge on any atom is -0.476 e. The quantitative estimate of drug-likeness (QED) is 0.666. The van der Waals surface area contributed by atoms with E-state index in [2.05, 4.69) is 10.3 Å². The van der Waals surface area contributed by atoms with Crippen LogP contribution < -0.4 is 0 Å². The van der Waals surface area contributed by atoms with Gasteiger partial charge >= 0.3 is 5.97 Å². The molecule has 0 fully saturated rings. The largest absolute Gasteiger partial charge is 0.476 e. The summed E-state index contributed by atoms with van der Waals surface area (Å²) in [5.74, 6) is -1.36. The van der Waals surface area contributed by atoms with Crippen LogP contribution in [-0.2, 0) is 0 Å². The van der Waals surface area contributed by atoms with Crippen molar-refractivity contribution in [3.8, 4) is 16.9 Å². The van der Waals surface area contributed by atoms with E-state index >= 15 is 0 Å². The highest BCUT2D eigenvalue weighted by atomic mass is 35.5. The van der Waals surface area contributed by atoms with Gasteiger partial charge in [0.05, 0.1) is 10.7 Å². The van der Waals surface area contributed by atoms with E-state index in [1.165, 1.54) is 4.68 Å². The zero-order chi connectivity index (χ0) is 17.3. The van der Waals surface area contributed by atoms with E-state index < -0.39 is 11.7 Å². The molecule has 0 unspecified atom stereocenters. The van der Waals surface area contributed by atoms with Crippen LogP contribution in [0.3, 0.4) is 0 Å². The van der Waals surface area contributed by atoms with E-state index in [9.17, 15) is 14.8 Å². The van der Waals surface area contributed by atoms with E-state index in [0.29, 0.717) is 21.3 Å². The number of benzene rings is 2. The number of hydrogen-bond donors (Lipinski definition) is 1. The third-order valence-electron chi connectivity index (χ3n) is 3.35. The van der Waals surface area contributed by atoms with Crippen LogP contribution in [0.2, 0.25) is 10.0 Å². The zero-order valence-electron chi connectivity index (χ0n) is 12.0. The van der Waals surface area contributed by atoms with Gasteiger partial charge in [-0.3, -0.25) is 0 Å². The van der Waals surface area contributed by atoms with Crippen LogP contribution in [0.4, 0.5) is 5.69 Å². The number of carboxylic acid groups (broad SMARTS) is 1. The molecule has 24 heavy (non-hydrogen) atoms. The van der Waals surface area contributed by atoms with Crippen LogP contribution in [-0.4, -0.2) is 20.9 Å². The van der Waals surface area contributed by atoms with Crippen LogP contribution in [0.15, 0.2) is 53.7 Å². The van der Waals surface area contributed by atoms with Crippen molar-refractivity contribution >= 4 is 34.9 Å². The first kappa shape index (κ1) is 16.2. The summed E-state index contributed by atoms with van der Waals surface area (Å²) in [5, 5.41) is 17.1. The first-order valence-corrected chi connectivity index (χ1v) is 7.49. The van der Waals surface area contributed by atoms with Crippen molar-refractivity contribution in [2.75, 3.05) is 0 Å². The maximum absolute atomic E-state index is 11.4. The van der Waals surface area contributed by atoms with Crippen molar-refractivity contribution in [2.45, 2.75) is 0 Å². The molecule has 0 aliphatic heterocycles. The summed E-state index contributed by atoms with van der Waals surface area (Å²) in [6.07, 6.45) is 0. The Hall–Kier alpha value is -2.70. The van der Waals surface area contributed by atoms with Gasteiger partial charge in [-0.25, -0.2) is 9.48 Å². The van der Waals surface area contributed by atoms with Crippen molar-refractivity contribution in [3.05, 3.63) is 69.2 Å². The summed E-state index contributed by atoms with van der Waals surface area (Å²) < 4.78 is 1.30. The van der Waals surface area contributed by atoms with Gasteiger partial charge in [0.25, 0.3) is 0 Å². The van der Waals surface area contributed by atoms with Crippen molar-refractivity contribution in [1.82, 2.24) is 9.78 Å². The van der Waals surface area contributed by atoms with Gasteiger partial charge in [-0.05, 0) is 29.4 Å². The molecule has 0 radical (unpaired) electrons. The number of halogens is 2. The smallest absolute Gasteiger partial charge is 0.358 e. The standard InChI is InChI=1S/C16H9Cl2N3O3/c17-10-7-5-9(6-8-10)15-13(20-24)14(16(22)23)19-21(15)12-4-2-1-3-11(12)18/h1-8H,(H,22,23). The first-order chi connectivity index (χ1) is 11.5. The lowest BCUT2D eigenvalue weighted by Crippen LogP contribution is -2.02. The van der Waals surface area contributed by atoms with E-state index in [1.807, 2.05) is 0 Å². The van der Waals surface area contributed by atoms with Crippen LogP contribution in [0.1, 0.15) is 10.5 Å². The van der Waals surface area contributed by atoms with Gasteiger partial charge in [-0.15, -0.1) is 4.91 Å². The predicted octanol–water partition coefficient (Wildman–Crippen LogP) is 4.94. The fourth-order valence-corrected chi connectivity index (χ4v) is 2.65. The third kappa shape index (κ3) is 2.77. The lowest BCUT2D eigenvalue weighted by Gasteiger charge is -2.09. The zero-order valence-corrected chi connectivity index (χ0v) is 13.5. The molecular weight excluding hydrogens is 353 g/mol. The van der Waals surface area contributed by atoms with Crippen LogP contribution in [0, 0.1) is 4.91 Å². The molecule has 8 heteroatoms. The van der Waals surface area contributed by atoms with Gasteiger partial charge in [0, 0.05) is 10.6 Å². The summed E-state index contributed by atoms with van der Waals surface area (Å²) in [6, 6.07) is 13.3. The average Bonchev–Trinajstić information content (AvgIpc) is 2.95. The Morgan fingerprint density at radius 3 is 2.33 bits per heavy atom. The maximum Gasteiger partial charge on any atom is 0.358 e. The minimum atomic E-state index is -1.36. The second-order valence-corrected chi connectivity index (χ2v) is 5.66. The molecule has 3 aromatic rings. The molecule has 120 valence electrons. The second kappa shape index (κ2) is 6.43. The summed E-state index contributed by atoms with van der Waals surface area (Å²) in [7, 11) is 0. The molecule has 0 bridgehead atoms. The lowest BCUT2D eigenvalue weighted by molar-refractivity contribution is 0.0691. The van der Waals surface area contributed by atoms with Gasteiger partial charge in [-0.1, -0.05) is 47.5 Å². The Labute approximate surface area is 146 Å². The minimum absolute atomic E-state index is 0.229. The highest BCUT2D eigenvalue weighted by Gasteiger charge is 2.26. The number of aromatic nitrogens is 2. The molecule has 0 saturated heterocycles. The summed E-state index contributed by atoms with van der Waals surface area (Å²) in [5.41, 5.74) is 0.474. The Balaban J connectivity index is 2.36. The Morgan fingerprint density at radius 2 is 1.75 bits per heavy atom. The summed E-state index contributed by atoms with van der Waals surface area (Å²) in [6.45, 7) is 0. The Bertz CT molecular complexity index is 936. The topological polar surface area (TPSA) is 84.6 Å². The molecular formula is C16H9Cl2N3O3. The Morgan fingerprint density at radius 1 is 1.08 bits per heavy atom. The number of rotatable bonds is 4. The van der Waals surface area contributed by atoms with E-state index in [4.69, 9.17) is 23.2 Å². The van der Waals surface area contributed by atoms with Crippen molar-refractivity contribution < 1.29 is 9.90 Å². The summed E-state index contributed by atoms with van der Waals surface area (Å²) in [4.78, 5) is 22.7. The molecule has 0 aliphatic carbocycles. The molecule has 0 saturated carbocycles. The molecule has 3 rings (SSSR count). The van der Waals surface area contributed by atoms with Gasteiger partial charge < -0.3 is 5.11 Å². The average molecular weight is 362 g/mol. The normalized spacial score (nSPS) is 10.6. The molecule has 1 aromatic heterocycles. The van der Waals surface area contributed by atoms with E-state index in [0.717, 1.165) is 0 Å². The molecule has 6 nitrogen and oxygen atoms in total. The predicted molar refractivity (Wildman–Crippen MR) is 91.4 cm³/mol.